The summed E-state index contributed by atoms with van der Waals surface area (Å²) in [5.41, 5.74) is 4.03. The van der Waals surface area contributed by atoms with Crippen LogP contribution in [0.1, 0.15) is 18.1 Å². The number of rotatable bonds is 5. The number of hydrogen-bond donors (Lipinski definition) is 2. The molecule has 0 saturated carbocycles. The van der Waals surface area contributed by atoms with E-state index in [2.05, 4.69) is 20.5 Å². The average Bonchev–Trinajstić information content (AvgIpc) is 3.06. The number of carbonyl (C=O) groups excluding carboxylic acids is 1. The lowest BCUT2D eigenvalue weighted by Crippen LogP contribution is -2.22. The zero-order chi connectivity index (χ0) is 17.8. The predicted octanol–water partition coefficient (Wildman–Crippen LogP) is 4.21. The highest BCUT2D eigenvalue weighted by atomic mass is 32.2. The smallest absolute Gasteiger partial charge is 0.237 e. The topological polar surface area (TPSA) is 70.7 Å². The molecule has 0 aliphatic carbocycles. The molecule has 0 aliphatic rings. The van der Waals surface area contributed by atoms with E-state index >= 15 is 0 Å². The highest BCUT2D eigenvalue weighted by Gasteiger charge is 2.18. The lowest BCUT2D eigenvalue weighted by atomic mass is 10.1. The van der Waals surface area contributed by atoms with Gasteiger partial charge in [-0.1, -0.05) is 59.8 Å². The first-order valence-electron chi connectivity index (χ1n) is 8.05. The molecule has 0 fully saturated rings. The van der Waals surface area contributed by atoms with Gasteiger partial charge in [-0.2, -0.15) is 0 Å². The normalized spacial score (nSPS) is 12.0. The summed E-state index contributed by atoms with van der Waals surface area (Å²) in [5.74, 6) is 0.634. The Kier molecular flexibility index (Phi) is 5.19. The van der Waals surface area contributed by atoms with Gasteiger partial charge in [-0.05, 0) is 32.4 Å². The maximum atomic E-state index is 12.4. The minimum absolute atomic E-state index is 0.0685. The summed E-state index contributed by atoms with van der Waals surface area (Å²) in [6.07, 6.45) is 0. The van der Waals surface area contributed by atoms with Gasteiger partial charge in [0.05, 0.1) is 5.25 Å². The molecule has 25 heavy (non-hydrogen) atoms. The van der Waals surface area contributed by atoms with Crippen molar-refractivity contribution in [3.05, 3.63) is 59.7 Å². The van der Waals surface area contributed by atoms with Gasteiger partial charge in [0.2, 0.25) is 11.1 Å². The zero-order valence-electron chi connectivity index (χ0n) is 14.4. The van der Waals surface area contributed by atoms with Crippen molar-refractivity contribution in [2.75, 3.05) is 5.32 Å². The van der Waals surface area contributed by atoms with E-state index in [-0.39, 0.29) is 11.2 Å². The molecular formula is C19H20N4OS. The van der Waals surface area contributed by atoms with Crippen molar-refractivity contribution in [2.45, 2.75) is 31.2 Å². The van der Waals surface area contributed by atoms with Crippen LogP contribution in [0.4, 0.5) is 5.69 Å². The molecule has 1 atom stereocenters. The predicted molar refractivity (Wildman–Crippen MR) is 102 cm³/mol. The number of para-hydroxylation sites is 1. The Labute approximate surface area is 151 Å². The van der Waals surface area contributed by atoms with Crippen LogP contribution in [0.2, 0.25) is 0 Å². The van der Waals surface area contributed by atoms with Crippen molar-refractivity contribution in [1.29, 1.82) is 0 Å². The standard InChI is InChI=1S/C19H20N4OS/c1-12-8-10-15(11-9-12)17-21-19(23-22-17)25-14(3)18(24)20-16-7-5-4-6-13(16)2/h4-11,14H,1-3H3,(H,20,24)(H,21,22,23). The summed E-state index contributed by atoms with van der Waals surface area (Å²) >= 11 is 1.33. The second kappa shape index (κ2) is 7.53. The maximum absolute atomic E-state index is 12.4. The number of aromatic amines is 1. The summed E-state index contributed by atoms with van der Waals surface area (Å²) in [5, 5.41) is 10.3. The summed E-state index contributed by atoms with van der Waals surface area (Å²) < 4.78 is 0. The van der Waals surface area contributed by atoms with Crippen LogP contribution < -0.4 is 5.32 Å². The van der Waals surface area contributed by atoms with Gasteiger partial charge in [0, 0.05) is 11.3 Å². The van der Waals surface area contributed by atoms with E-state index < -0.39 is 0 Å². The van der Waals surface area contributed by atoms with E-state index in [9.17, 15) is 4.79 Å². The third-order valence-electron chi connectivity index (χ3n) is 3.84. The van der Waals surface area contributed by atoms with Gasteiger partial charge in [-0.25, -0.2) is 4.98 Å². The van der Waals surface area contributed by atoms with E-state index in [0.29, 0.717) is 11.0 Å². The number of amides is 1. The van der Waals surface area contributed by atoms with E-state index in [1.165, 1.54) is 17.3 Å². The van der Waals surface area contributed by atoms with Crippen molar-refractivity contribution >= 4 is 23.4 Å². The molecule has 1 unspecified atom stereocenters. The van der Waals surface area contributed by atoms with Crippen LogP contribution in [0.25, 0.3) is 11.4 Å². The Bertz CT molecular complexity index is 873. The molecular weight excluding hydrogens is 332 g/mol. The molecule has 128 valence electrons. The molecule has 0 bridgehead atoms. The Morgan fingerprint density at radius 1 is 1.12 bits per heavy atom. The molecule has 0 radical (unpaired) electrons. The van der Waals surface area contributed by atoms with E-state index in [4.69, 9.17) is 0 Å². The van der Waals surface area contributed by atoms with Crippen molar-refractivity contribution in [2.24, 2.45) is 0 Å². The number of carbonyl (C=O) groups is 1. The second-order valence-corrected chi connectivity index (χ2v) is 7.20. The molecule has 1 heterocycles. The number of nitrogens with one attached hydrogen (secondary N) is 2. The van der Waals surface area contributed by atoms with Crippen LogP contribution in [0.5, 0.6) is 0 Å². The van der Waals surface area contributed by atoms with Crippen molar-refractivity contribution in [3.63, 3.8) is 0 Å². The molecule has 2 N–H and O–H groups in total. The first kappa shape index (κ1) is 17.2. The number of hydrogen-bond acceptors (Lipinski definition) is 4. The molecule has 3 aromatic rings. The van der Waals surface area contributed by atoms with Crippen LogP contribution >= 0.6 is 11.8 Å². The van der Waals surface area contributed by atoms with Crippen LogP contribution in [0.15, 0.2) is 53.7 Å². The first-order chi connectivity index (χ1) is 12.0. The quantitative estimate of drug-likeness (QED) is 0.675. The van der Waals surface area contributed by atoms with Crippen molar-refractivity contribution < 1.29 is 4.79 Å². The van der Waals surface area contributed by atoms with Crippen molar-refractivity contribution in [1.82, 2.24) is 15.2 Å². The number of benzene rings is 2. The summed E-state index contributed by atoms with van der Waals surface area (Å²) in [4.78, 5) is 16.9. The monoisotopic (exact) mass is 352 g/mol. The van der Waals surface area contributed by atoms with Gasteiger partial charge in [0.15, 0.2) is 5.82 Å². The Balaban J connectivity index is 1.65. The fourth-order valence-electron chi connectivity index (χ4n) is 2.30. The zero-order valence-corrected chi connectivity index (χ0v) is 15.2. The second-order valence-electron chi connectivity index (χ2n) is 5.90. The fourth-order valence-corrected chi connectivity index (χ4v) is 3.02. The SMILES string of the molecule is Cc1ccc(-c2nc(SC(C)C(=O)Nc3ccccc3C)n[nH]2)cc1. The number of anilines is 1. The first-order valence-corrected chi connectivity index (χ1v) is 8.93. The Hall–Kier alpha value is -2.60. The molecule has 1 aromatic heterocycles. The molecule has 0 spiro atoms. The number of thioether (sulfide) groups is 1. The van der Waals surface area contributed by atoms with Gasteiger partial charge in [0.1, 0.15) is 0 Å². The van der Waals surface area contributed by atoms with Crippen LogP contribution in [0.3, 0.4) is 0 Å². The van der Waals surface area contributed by atoms with Crippen LogP contribution in [0, 0.1) is 13.8 Å². The fraction of sp³-hybridized carbons (Fsp3) is 0.211. The lowest BCUT2D eigenvalue weighted by Gasteiger charge is -2.11. The van der Waals surface area contributed by atoms with Crippen LogP contribution in [-0.2, 0) is 4.79 Å². The van der Waals surface area contributed by atoms with Gasteiger partial charge >= 0.3 is 0 Å². The van der Waals surface area contributed by atoms with Crippen LogP contribution in [-0.4, -0.2) is 26.3 Å². The summed E-state index contributed by atoms with van der Waals surface area (Å²) in [6, 6.07) is 15.8. The minimum Gasteiger partial charge on any atom is -0.325 e. The lowest BCUT2D eigenvalue weighted by molar-refractivity contribution is -0.115. The van der Waals surface area contributed by atoms with Gasteiger partial charge < -0.3 is 5.32 Å². The average molecular weight is 352 g/mol. The Morgan fingerprint density at radius 2 is 1.84 bits per heavy atom. The molecule has 3 rings (SSSR count). The van der Waals surface area contributed by atoms with E-state index in [1.807, 2.05) is 69.3 Å². The Morgan fingerprint density at radius 3 is 2.56 bits per heavy atom. The highest BCUT2D eigenvalue weighted by molar-refractivity contribution is 8.00. The van der Waals surface area contributed by atoms with Gasteiger partial charge in [-0.15, -0.1) is 5.10 Å². The maximum Gasteiger partial charge on any atom is 0.237 e. The molecule has 5 nitrogen and oxygen atoms in total. The summed E-state index contributed by atoms with van der Waals surface area (Å²) in [7, 11) is 0. The molecule has 0 saturated heterocycles. The number of aryl methyl sites for hydroxylation is 2. The van der Waals surface area contributed by atoms with E-state index in [1.54, 1.807) is 0 Å². The minimum atomic E-state index is -0.304. The highest BCUT2D eigenvalue weighted by Crippen LogP contribution is 2.24. The third kappa shape index (κ3) is 4.28. The number of H-pyrrole nitrogens is 1. The molecule has 1 amide bonds. The number of nitrogens with zero attached hydrogens (tertiary/aromatic N) is 2. The summed E-state index contributed by atoms with van der Waals surface area (Å²) in [6.45, 7) is 5.86. The van der Waals surface area contributed by atoms with Crippen molar-refractivity contribution in [3.8, 4) is 11.4 Å². The third-order valence-corrected chi connectivity index (χ3v) is 4.81. The molecule has 2 aromatic carbocycles. The molecule has 6 heteroatoms. The van der Waals surface area contributed by atoms with Gasteiger partial charge in [-0.3, -0.25) is 9.89 Å². The van der Waals surface area contributed by atoms with Gasteiger partial charge in [0.25, 0.3) is 0 Å². The largest absolute Gasteiger partial charge is 0.325 e. The van der Waals surface area contributed by atoms with E-state index in [0.717, 1.165) is 16.8 Å². The molecule has 0 aliphatic heterocycles. The number of aromatic nitrogens is 3.